The van der Waals surface area contributed by atoms with Crippen LogP contribution in [0.25, 0.3) is 0 Å². The van der Waals surface area contributed by atoms with Crippen LogP contribution in [0.4, 0.5) is 0 Å². The van der Waals surface area contributed by atoms with Crippen LogP contribution < -0.4 is 0 Å². The van der Waals surface area contributed by atoms with Crippen molar-refractivity contribution in [2.75, 3.05) is 0 Å². The van der Waals surface area contributed by atoms with Gasteiger partial charge in [0.25, 0.3) is 0 Å². The molecule has 10 heavy (non-hydrogen) atoms. The maximum Gasteiger partial charge on any atom is 0.454 e. The normalized spacial score (nSPS) is 58.8. The average Bonchev–Trinajstić information content (AvgIpc) is 2.18. The Balaban J connectivity index is 2.24. The lowest BCUT2D eigenvalue weighted by Crippen LogP contribution is -2.19. The maximum atomic E-state index is 5.62. The van der Waals surface area contributed by atoms with E-state index < -0.39 is 0 Å². The van der Waals surface area contributed by atoms with Crippen molar-refractivity contribution in [3.05, 3.63) is 0 Å². The Morgan fingerprint density at radius 2 is 1.60 bits per heavy atom. The molecular formula is C7H13BO2. The molecule has 1 heterocycles. The molecule has 2 aliphatic rings. The fourth-order valence-electron chi connectivity index (χ4n) is 2.13. The molecule has 1 aliphatic heterocycles. The van der Waals surface area contributed by atoms with E-state index in [4.69, 9.17) is 9.31 Å². The maximum absolute atomic E-state index is 5.62. The molecule has 0 aromatic carbocycles. The summed E-state index contributed by atoms with van der Waals surface area (Å²) in [7, 11) is -0.00815. The quantitative estimate of drug-likeness (QED) is 0.472. The minimum atomic E-state index is -0.00815. The molecule has 2 atom stereocenters. The summed E-state index contributed by atoms with van der Waals surface area (Å²) in [4.78, 5) is 0. The van der Waals surface area contributed by atoms with E-state index in [1.54, 1.807) is 0 Å². The monoisotopic (exact) mass is 140 g/mol. The van der Waals surface area contributed by atoms with Gasteiger partial charge in [-0.05, 0) is 20.7 Å². The summed E-state index contributed by atoms with van der Waals surface area (Å²) < 4.78 is 11.2. The Morgan fingerprint density at radius 1 is 1.20 bits per heavy atom. The second kappa shape index (κ2) is 1.43. The highest BCUT2D eigenvalue weighted by molar-refractivity contribution is 6.44. The van der Waals surface area contributed by atoms with Crippen molar-refractivity contribution in [2.45, 2.75) is 38.8 Å². The highest BCUT2D eigenvalue weighted by Crippen LogP contribution is 2.63. The van der Waals surface area contributed by atoms with Gasteiger partial charge < -0.3 is 9.31 Å². The highest BCUT2D eigenvalue weighted by atomic mass is 16.7. The van der Waals surface area contributed by atoms with Gasteiger partial charge in [0.15, 0.2) is 0 Å². The third kappa shape index (κ3) is 0.464. The van der Waals surface area contributed by atoms with E-state index in [-0.39, 0.29) is 18.3 Å². The van der Waals surface area contributed by atoms with Crippen molar-refractivity contribution in [1.29, 1.82) is 0 Å². The molecule has 1 saturated carbocycles. The lowest BCUT2D eigenvalue weighted by atomic mass is 9.95. The van der Waals surface area contributed by atoms with Gasteiger partial charge in [0, 0.05) is 5.92 Å². The molecule has 0 radical (unpaired) electrons. The summed E-state index contributed by atoms with van der Waals surface area (Å²) in [5.74, 6) is 0.552. The van der Waals surface area contributed by atoms with Gasteiger partial charge in [0.1, 0.15) is 0 Å². The van der Waals surface area contributed by atoms with Crippen molar-refractivity contribution in [2.24, 2.45) is 5.92 Å². The van der Waals surface area contributed by atoms with E-state index in [1.165, 1.54) is 0 Å². The summed E-state index contributed by atoms with van der Waals surface area (Å²) in [6.45, 7) is 8.38. The highest BCUT2D eigenvalue weighted by Gasteiger charge is 2.76. The van der Waals surface area contributed by atoms with E-state index in [1.807, 2.05) is 6.82 Å². The molecular weight excluding hydrogens is 127 g/mol. The Labute approximate surface area is 62.0 Å². The molecule has 1 saturated heterocycles. The summed E-state index contributed by atoms with van der Waals surface area (Å²) >= 11 is 0. The van der Waals surface area contributed by atoms with Crippen LogP contribution in [0.15, 0.2) is 0 Å². The van der Waals surface area contributed by atoms with E-state index in [2.05, 4.69) is 20.8 Å². The standard InChI is InChI=1S/C7H13BO2/c1-5-6(2)7(5,3)10-8(4)9-6/h5H,1-4H3. The largest absolute Gasteiger partial charge is 0.454 e. The summed E-state index contributed by atoms with van der Waals surface area (Å²) in [5.41, 5.74) is 0.0127. The van der Waals surface area contributed by atoms with Gasteiger partial charge >= 0.3 is 7.12 Å². The third-order valence-corrected chi connectivity index (χ3v) is 3.38. The minimum Gasteiger partial charge on any atom is -0.403 e. The van der Waals surface area contributed by atoms with Crippen LogP contribution in [0.1, 0.15) is 20.8 Å². The predicted molar refractivity (Wildman–Crippen MR) is 39.8 cm³/mol. The first-order valence-corrected chi connectivity index (χ1v) is 3.86. The van der Waals surface area contributed by atoms with Gasteiger partial charge in [-0.25, -0.2) is 0 Å². The Bertz CT molecular complexity index is 166. The zero-order valence-corrected chi connectivity index (χ0v) is 6.97. The molecule has 1 aliphatic carbocycles. The molecule has 0 bridgehead atoms. The molecule has 0 amide bonds. The number of hydrogen-bond acceptors (Lipinski definition) is 2. The van der Waals surface area contributed by atoms with Crippen LogP contribution in [0, 0.1) is 5.92 Å². The second-order valence-corrected chi connectivity index (χ2v) is 3.74. The molecule has 3 heteroatoms. The van der Waals surface area contributed by atoms with E-state index >= 15 is 0 Å². The summed E-state index contributed by atoms with van der Waals surface area (Å²) in [6, 6.07) is 0. The molecule has 56 valence electrons. The topological polar surface area (TPSA) is 18.5 Å². The smallest absolute Gasteiger partial charge is 0.403 e. The van der Waals surface area contributed by atoms with E-state index in [0.29, 0.717) is 5.92 Å². The number of rotatable bonds is 0. The van der Waals surface area contributed by atoms with Crippen LogP contribution in [0.5, 0.6) is 0 Å². The van der Waals surface area contributed by atoms with Gasteiger partial charge in [0.2, 0.25) is 0 Å². The van der Waals surface area contributed by atoms with Crippen molar-refractivity contribution in [1.82, 2.24) is 0 Å². The second-order valence-electron chi connectivity index (χ2n) is 3.74. The molecule has 2 unspecified atom stereocenters. The fraction of sp³-hybridized carbons (Fsp3) is 1.00. The zero-order valence-electron chi connectivity index (χ0n) is 6.97. The molecule has 2 nitrogen and oxygen atoms in total. The summed E-state index contributed by atoms with van der Waals surface area (Å²) in [6.07, 6.45) is 0. The van der Waals surface area contributed by atoms with Crippen LogP contribution >= 0.6 is 0 Å². The van der Waals surface area contributed by atoms with Crippen LogP contribution in [-0.2, 0) is 9.31 Å². The molecule has 0 spiro atoms. The first-order chi connectivity index (χ1) is 4.51. The van der Waals surface area contributed by atoms with Crippen molar-refractivity contribution >= 4 is 7.12 Å². The van der Waals surface area contributed by atoms with Crippen LogP contribution in [-0.4, -0.2) is 18.3 Å². The molecule has 0 aromatic heterocycles. The molecule has 2 rings (SSSR count). The number of hydrogen-bond donors (Lipinski definition) is 0. The third-order valence-electron chi connectivity index (χ3n) is 3.38. The van der Waals surface area contributed by atoms with Crippen molar-refractivity contribution in [3.8, 4) is 0 Å². The van der Waals surface area contributed by atoms with Gasteiger partial charge in [-0.3, -0.25) is 0 Å². The predicted octanol–water partition coefficient (Wildman–Crippen LogP) is 1.32. The van der Waals surface area contributed by atoms with Crippen molar-refractivity contribution in [3.63, 3.8) is 0 Å². The first-order valence-electron chi connectivity index (χ1n) is 3.86. The van der Waals surface area contributed by atoms with Crippen LogP contribution in [0.2, 0.25) is 6.82 Å². The molecule has 0 aromatic rings. The average molecular weight is 140 g/mol. The summed E-state index contributed by atoms with van der Waals surface area (Å²) in [5, 5.41) is 0. The Kier molecular flexibility index (Phi) is 0.958. The molecule has 0 N–H and O–H groups in total. The lowest BCUT2D eigenvalue weighted by molar-refractivity contribution is 0.187. The van der Waals surface area contributed by atoms with Crippen molar-refractivity contribution < 1.29 is 9.31 Å². The minimum absolute atomic E-state index is 0.00637. The van der Waals surface area contributed by atoms with Gasteiger partial charge in [-0.1, -0.05) is 6.92 Å². The van der Waals surface area contributed by atoms with Gasteiger partial charge in [0.05, 0.1) is 11.2 Å². The van der Waals surface area contributed by atoms with Gasteiger partial charge in [-0.15, -0.1) is 0 Å². The van der Waals surface area contributed by atoms with E-state index in [9.17, 15) is 0 Å². The first kappa shape index (κ1) is 6.68. The SMILES string of the molecule is CB1OC2(C)C(C)C2(C)O1. The Hall–Kier alpha value is -0.0151. The van der Waals surface area contributed by atoms with Crippen LogP contribution in [0.3, 0.4) is 0 Å². The van der Waals surface area contributed by atoms with E-state index in [0.717, 1.165) is 0 Å². The van der Waals surface area contributed by atoms with Gasteiger partial charge in [-0.2, -0.15) is 0 Å². The zero-order chi connectivity index (χ0) is 7.57. The fourth-order valence-corrected chi connectivity index (χ4v) is 2.13. The molecule has 2 fully saturated rings. The number of fused-ring (bicyclic) bond motifs is 1. The Morgan fingerprint density at radius 3 is 1.90 bits per heavy atom. The lowest BCUT2D eigenvalue weighted by Gasteiger charge is -2.08.